The van der Waals surface area contributed by atoms with E-state index in [0.29, 0.717) is 23.1 Å². The first-order chi connectivity index (χ1) is 17.5. The summed E-state index contributed by atoms with van der Waals surface area (Å²) in [5.41, 5.74) is 3.28. The Hall–Kier alpha value is -4.15. The summed E-state index contributed by atoms with van der Waals surface area (Å²) in [5.74, 6) is -0.311. The molecule has 5 rings (SSSR count). The number of amides is 2. The second-order valence-electron chi connectivity index (χ2n) is 8.76. The Labute approximate surface area is 207 Å². The third-order valence-electron chi connectivity index (χ3n) is 6.52. The van der Waals surface area contributed by atoms with Gasteiger partial charge in [0.1, 0.15) is 18.5 Å². The predicted molar refractivity (Wildman–Crippen MR) is 133 cm³/mol. The summed E-state index contributed by atoms with van der Waals surface area (Å²) in [6.07, 6.45) is 1.14. The van der Waals surface area contributed by atoms with Crippen molar-refractivity contribution in [2.45, 2.75) is 44.1 Å². The van der Waals surface area contributed by atoms with Gasteiger partial charge in [-0.25, -0.2) is 15.0 Å². The van der Waals surface area contributed by atoms with E-state index >= 15 is 0 Å². The standard InChI is InChI=1S/C26H26N6O4/c1-2-20(33)30-18-12-19(23(35)22(18)34)32-14-29-21-24(27-13-28-25(21)32)31-26(36)17-10-8-16(9-11-17)15-6-4-3-5-7-15/h3-11,13-14,18-19,22-23,34-35H,2,12H2,1H3,(H,30,33)(H,27,28,31,36)/t18-,19+,22+,23-/m0/s1. The number of aromatic nitrogens is 4. The van der Waals surface area contributed by atoms with Gasteiger partial charge in [-0.15, -0.1) is 0 Å². The Bertz CT molecular complexity index is 1390. The Morgan fingerprint density at radius 2 is 1.69 bits per heavy atom. The number of aliphatic hydroxyl groups excluding tert-OH is 2. The molecular formula is C26H26N6O4. The van der Waals surface area contributed by atoms with E-state index in [2.05, 4.69) is 25.6 Å². The second-order valence-corrected chi connectivity index (χ2v) is 8.76. The van der Waals surface area contributed by atoms with Gasteiger partial charge in [0.05, 0.1) is 18.4 Å². The first-order valence-corrected chi connectivity index (χ1v) is 11.8. The Morgan fingerprint density at radius 3 is 2.42 bits per heavy atom. The van der Waals surface area contributed by atoms with Gasteiger partial charge >= 0.3 is 0 Å². The number of imidazole rings is 1. The highest BCUT2D eigenvalue weighted by Gasteiger charge is 2.43. The van der Waals surface area contributed by atoms with Gasteiger partial charge in [0.25, 0.3) is 5.91 Å². The zero-order valence-corrected chi connectivity index (χ0v) is 19.6. The summed E-state index contributed by atoms with van der Waals surface area (Å²) in [4.78, 5) is 37.6. The van der Waals surface area contributed by atoms with Crippen LogP contribution < -0.4 is 10.6 Å². The molecule has 0 saturated heterocycles. The van der Waals surface area contributed by atoms with Gasteiger partial charge in [0.2, 0.25) is 5.91 Å². The lowest BCUT2D eigenvalue weighted by Gasteiger charge is -2.18. The molecule has 10 nitrogen and oxygen atoms in total. The van der Waals surface area contributed by atoms with Crippen molar-refractivity contribution < 1.29 is 19.8 Å². The molecule has 1 saturated carbocycles. The summed E-state index contributed by atoms with van der Waals surface area (Å²) in [7, 11) is 0. The highest BCUT2D eigenvalue weighted by molar-refractivity contribution is 6.06. The molecule has 4 N–H and O–H groups in total. The number of fused-ring (bicyclic) bond motifs is 1. The van der Waals surface area contributed by atoms with Crippen LogP contribution in [0, 0.1) is 0 Å². The summed E-state index contributed by atoms with van der Waals surface area (Å²) in [6.45, 7) is 1.72. The van der Waals surface area contributed by atoms with E-state index in [1.807, 2.05) is 42.5 Å². The average molecular weight is 487 g/mol. The predicted octanol–water partition coefficient (Wildman–Crippen LogP) is 2.31. The second kappa shape index (κ2) is 9.84. The SMILES string of the molecule is CCC(=O)N[C@H]1C[C@@H](n2cnc3c(NC(=O)c4ccc(-c5ccccc5)cc4)ncnc32)[C@H](O)[C@@H]1O. The van der Waals surface area contributed by atoms with Crippen LogP contribution in [0.4, 0.5) is 5.82 Å². The molecule has 4 aromatic rings. The maximum atomic E-state index is 12.9. The van der Waals surface area contributed by atoms with Crippen molar-refractivity contribution in [3.8, 4) is 11.1 Å². The minimum absolute atomic E-state index is 0.202. The molecule has 0 aliphatic heterocycles. The number of aliphatic hydroxyl groups is 2. The number of carbonyl (C=O) groups excluding carboxylic acids is 2. The van der Waals surface area contributed by atoms with Crippen molar-refractivity contribution in [1.82, 2.24) is 24.8 Å². The van der Waals surface area contributed by atoms with Crippen LogP contribution in [-0.4, -0.2) is 59.8 Å². The first-order valence-electron chi connectivity index (χ1n) is 11.8. The van der Waals surface area contributed by atoms with E-state index < -0.39 is 24.3 Å². The van der Waals surface area contributed by atoms with Crippen molar-refractivity contribution in [3.05, 3.63) is 72.8 Å². The molecular weight excluding hydrogens is 460 g/mol. The van der Waals surface area contributed by atoms with Crippen LogP contribution in [0.25, 0.3) is 22.3 Å². The van der Waals surface area contributed by atoms with Crippen LogP contribution in [0.3, 0.4) is 0 Å². The van der Waals surface area contributed by atoms with Gasteiger partial charge in [-0.1, -0.05) is 49.4 Å². The summed E-state index contributed by atoms with van der Waals surface area (Å²) in [6, 6.07) is 16.0. The Balaban J connectivity index is 1.36. The number of benzene rings is 2. The number of nitrogens with one attached hydrogen (secondary N) is 2. The minimum Gasteiger partial charge on any atom is -0.388 e. The van der Waals surface area contributed by atoms with E-state index in [1.165, 1.54) is 12.7 Å². The molecule has 2 aromatic carbocycles. The van der Waals surface area contributed by atoms with E-state index in [4.69, 9.17) is 0 Å². The number of anilines is 1. The molecule has 0 radical (unpaired) electrons. The number of nitrogens with zero attached hydrogens (tertiary/aromatic N) is 4. The molecule has 1 fully saturated rings. The molecule has 4 atom stereocenters. The summed E-state index contributed by atoms with van der Waals surface area (Å²) < 4.78 is 1.65. The van der Waals surface area contributed by atoms with Crippen LogP contribution in [0.1, 0.15) is 36.2 Å². The smallest absolute Gasteiger partial charge is 0.256 e. The van der Waals surface area contributed by atoms with Gasteiger partial charge in [0, 0.05) is 12.0 Å². The number of carbonyl (C=O) groups is 2. The molecule has 2 heterocycles. The van der Waals surface area contributed by atoms with Crippen LogP contribution >= 0.6 is 0 Å². The van der Waals surface area contributed by atoms with Crippen molar-refractivity contribution in [2.75, 3.05) is 5.32 Å². The first kappa shape index (κ1) is 23.6. The molecule has 0 spiro atoms. The van der Waals surface area contributed by atoms with Crippen molar-refractivity contribution in [3.63, 3.8) is 0 Å². The van der Waals surface area contributed by atoms with E-state index in [-0.39, 0.29) is 24.1 Å². The zero-order chi connectivity index (χ0) is 25.2. The van der Waals surface area contributed by atoms with Gasteiger partial charge < -0.3 is 25.4 Å². The molecule has 2 amide bonds. The van der Waals surface area contributed by atoms with E-state index in [1.54, 1.807) is 23.6 Å². The van der Waals surface area contributed by atoms with E-state index in [9.17, 15) is 19.8 Å². The Kier molecular flexibility index (Phi) is 6.45. The third kappa shape index (κ3) is 4.43. The molecule has 184 valence electrons. The van der Waals surface area contributed by atoms with Gasteiger partial charge in [-0.05, 0) is 29.7 Å². The fourth-order valence-corrected chi connectivity index (χ4v) is 4.55. The van der Waals surface area contributed by atoms with Gasteiger partial charge in [-0.2, -0.15) is 0 Å². The van der Waals surface area contributed by atoms with Crippen LogP contribution in [0.2, 0.25) is 0 Å². The molecule has 10 heteroatoms. The summed E-state index contributed by atoms with van der Waals surface area (Å²) >= 11 is 0. The highest BCUT2D eigenvalue weighted by atomic mass is 16.3. The lowest BCUT2D eigenvalue weighted by Crippen LogP contribution is -2.42. The lowest BCUT2D eigenvalue weighted by atomic mass is 10.0. The molecule has 2 aromatic heterocycles. The average Bonchev–Trinajstić information content (AvgIpc) is 3.46. The maximum Gasteiger partial charge on any atom is 0.256 e. The van der Waals surface area contributed by atoms with Gasteiger partial charge in [-0.3, -0.25) is 9.59 Å². The van der Waals surface area contributed by atoms with Crippen molar-refractivity contribution >= 4 is 28.8 Å². The molecule has 0 unspecified atom stereocenters. The molecule has 36 heavy (non-hydrogen) atoms. The highest BCUT2D eigenvalue weighted by Crippen LogP contribution is 2.34. The lowest BCUT2D eigenvalue weighted by molar-refractivity contribution is -0.122. The topological polar surface area (TPSA) is 142 Å². The number of rotatable bonds is 6. The number of hydrogen-bond donors (Lipinski definition) is 4. The molecule has 1 aliphatic rings. The molecule has 0 bridgehead atoms. The Morgan fingerprint density at radius 1 is 0.972 bits per heavy atom. The maximum absolute atomic E-state index is 12.9. The van der Waals surface area contributed by atoms with Crippen LogP contribution in [-0.2, 0) is 4.79 Å². The van der Waals surface area contributed by atoms with Crippen molar-refractivity contribution in [1.29, 1.82) is 0 Å². The monoisotopic (exact) mass is 486 g/mol. The van der Waals surface area contributed by atoms with Crippen LogP contribution in [0.15, 0.2) is 67.3 Å². The van der Waals surface area contributed by atoms with Crippen LogP contribution in [0.5, 0.6) is 0 Å². The van der Waals surface area contributed by atoms with Gasteiger partial charge in [0.15, 0.2) is 17.0 Å². The van der Waals surface area contributed by atoms with Crippen molar-refractivity contribution in [2.24, 2.45) is 0 Å². The fraction of sp³-hybridized carbons (Fsp3) is 0.269. The van der Waals surface area contributed by atoms with E-state index in [0.717, 1.165) is 11.1 Å². The third-order valence-corrected chi connectivity index (χ3v) is 6.52. The fourth-order valence-electron chi connectivity index (χ4n) is 4.55. The minimum atomic E-state index is -1.12. The number of hydrogen-bond acceptors (Lipinski definition) is 7. The quantitative estimate of drug-likeness (QED) is 0.328. The largest absolute Gasteiger partial charge is 0.388 e. The zero-order valence-electron chi connectivity index (χ0n) is 19.6. The normalized spacial score (nSPS) is 21.4. The molecule has 1 aliphatic carbocycles. The summed E-state index contributed by atoms with van der Waals surface area (Å²) in [5, 5.41) is 26.6.